The Morgan fingerprint density at radius 3 is 2.44 bits per heavy atom. The number of hydrogen-bond donors (Lipinski definition) is 1. The van der Waals surface area contributed by atoms with Crippen LogP contribution in [0.5, 0.6) is 0 Å². The summed E-state index contributed by atoms with van der Waals surface area (Å²) in [4.78, 5) is 25.9. The van der Waals surface area contributed by atoms with Crippen molar-refractivity contribution in [2.45, 2.75) is 39.8 Å². The third kappa shape index (κ3) is 3.22. The minimum atomic E-state index is -0.400. The topological polar surface area (TPSA) is 58.6 Å². The summed E-state index contributed by atoms with van der Waals surface area (Å²) in [7, 11) is 1.64. The van der Waals surface area contributed by atoms with E-state index in [1.165, 1.54) is 0 Å². The van der Waals surface area contributed by atoms with Gasteiger partial charge in [0, 0.05) is 13.7 Å². The van der Waals surface area contributed by atoms with E-state index >= 15 is 0 Å². The number of carbonyl (C=O) groups is 2. The van der Waals surface area contributed by atoms with E-state index in [9.17, 15) is 9.59 Å². The Balaban J connectivity index is 2.78. The Bertz CT molecular complexity index is 317. The van der Waals surface area contributed by atoms with Crippen LogP contribution in [-0.2, 0) is 14.3 Å². The lowest BCUT2D eigenvalue weighted by Gasteiger charge is -2.39. The second-order valence-electron chi connectivity index (χ2n) is 5.46. The summed E-state index contributed by atoms with van der Waals surface area (Å²) < 4.78 is 5.08. The van der Waals surface area contributed by atoms with Crippen LogP contribution in [0.15, 0.2) is 0 Å². The summed E-state index contributed by atoms with van der Waals surface area (Å²) in [5, 5.41) is 2.79. The molecule has 0 aromatic heterocycles. The van der Waals surface area contributed by atoms with Gasteiger partial charge in [0.2, 0.25) is 11.8 Å². The molecule has 2 amide bonds. The number of rotatable bonds is 5. The molecule has 1 N–H and O–H groups in total. The summed E-state index contributed by atoms with van der Waals surface area (Å²) in [6.07, 6.45) is 0. The average Bonchev–Trinajstić information content (AvgIpc) is 2.29. The van der Waals surface area contributed by atoms with E-state index in [2.05, 4.69) is 5.32 Å². The lowest BCUT2D eigenvalue weighted by atomic mass is 9.97. The van der Waals surface area contributed by atoms with Gasteiger partial charge in [0.15, 0.2) is 0 Å². The average molecular weight is 256 g/mol. The van der Waals surface area contributed by atoms with E-state index < -0.39 is 12.1 Å². The minimum Gasteiger partial charge on any atom is -0.384 e. The fourth-order valence-corrected chi connectivity index (χ4v) is 2.22. The normalized spacial score (nSPS) is 26.4. The van der Waals surface area contributed by atoms with Crippen molar-refractivity contribution in [2.75, 3.05) is 20.3 Å². The molecule has 1 aliphatic rings. The molecule has 0 bridgehead atoms. The summed E-state index contributed by atoms with van der Waals surface area (Å²) >= 11 is 0. The van der Waals surface area contributed by atoms with E-state index in [0.29, 0.717) is 13.2 Å². The Kier molecular flexibility index (Phi) is 5.14. The van der Waals surface area contributed by atoms with Gasteiger partial charge in [0.1, 0.15) is 12.1 Å². The predicted molar refractivity (Wildman–Crippen MR) is 69.0 cm³/mol. The highest BCUT2D eigenvalue weighted by atomic mass is 16.5. The molecule has 1 heterocycles. The molecule has 0 aliphatic carbocycles. The zero-order valence-electron chi connectivity index (χ0n) is 11.9. The molecule has 1 fully saturated rings. The number of nitrogens with zero attached hydrogens (tertiary/aromatic N) is 1. The fraction of sp³-hybridized carbons (Fsp3) is 0.846. The van der Waals surface area contributed by atoms with Crippen LogP contribution in [0, 0.1) is 11.8 Å². The van der Waals surface area contributed by atoms with Gasteiger partial charge in [-0.3, -0.25) is 9.59 Å². The van der Waals surface area contributed by atoms with Crippen LogP contribution in [-0.4, -0.2) is 49.1 Å². The van der Waals surface area contributed by atoms with Gasteiger partial charge in [-0.1, -0.05) is 20.8 Å². The van der Waals surface area contributed by atoms with Gasteiger partial charge in [0.05, 0.1) is 6.61 Å². The van der Waals surface area contributed by atoms with Crippen LogP contribution >= 0.6 is 0 Å². The highest BCUT2D eigenvalue weighted by molar-refractivity contribution is 5.96. The number of hydrogen-bond acceptors (Lipinski definition) is 3. The van der Waals surface area contributed by atoms with Crippen molar-refractivity contribution in [1.82, 2.24) is 10.2 Å². The number of ether oxygens (including phenoxy) is 1. The fourth-order valence-electron chi connectivity index (χ4n) is 2.22. The summed E-state index contributed by atoms with van der Waals surface area (Å²) in [6.45, 7) is 8.81. The maximum absolute atomic E-state index is 12.3. The molecule has 18 heavy (non-hydrogen) atoms. The van der Waals surface area contributed by atoms with Gasteiger partial charge in [-0.25, -0.2) is 0 Å². The van der Waals surface area contributed by atoms with E-state index in [1.807, 2.05) is 20.8 Å². The van der Waals surface area contributed by atoms with E-state index in [1.54, 1.807) is 18.9 Å². The molecule has 1 rings (SSSR count). The quantitative estimate of drug-likeness (QED) is 0.785. The molecular weight excluding hydrogens is 232 g/mol. The molecular formula is C13H24N2O3. The predicted octanol–water partition coefficient (Wildman–Crippen LogP) is 0.640. The molecule has 0 radical (unpaired) electrons. The molecule has 0 aromatic rings. The largest absolute Gasteiger partial charge is 0.384 e. The zero-order valence-corrected chi connectivity index (χ0v) is 11.9. The van der Waals surface area contributed by atoms with Gasteiger partial charge < -0.3 is 15.0 Å². The maximum Gasteiger partial charge on any atom is 0.246 e. The van der Waals surface area contributed by atoms with Crippen molar-refractivity contribution in [3.05, 3.63) is 0 Å². The number of methoxy groups -OCH3 is 1. The molecule has 5 heteroatoms. The highest BCUT2D eigenvalue weighted by Gasteiger charge is 2.39. The molecule has 0 aromatic carbocycles. The molecule has 0 spiro atoms. The maximum atomic E-state index is 12.3. The first-order valence-corrected chi connectivity index (χ1v) is 6.48. The van der Waals surface area contributed by atoms with E-state index in [-0.39, 0.29) is 23.7 Å². The van der Waals surface area contributed by atoms with Crippen molar-refractivity contribution < 1.29 is 14.3 Å². The number of nitrogens with one attached hydrogen (secondary N) is 1. The number of amides is 2. The summed E-state index contributed by atoms with van der Waals surface area (Å²) in [6, 6.07) is -0.796. The van der Waals surface area contributed by atoms with Crippen LogP contribution in [0.25, 0.3) is 0 Å². The molecule has 1 aliphatic heterocycles. The molecule has 3 atom stereocenters. The number of piperazine rings is 1. The van der Waals surface area contributed by atoms with E-state index in [4.69, 9.17) is 4.74 Å². The Hall–Kier alpha value is -1.10. The van der Waals surface area contributed by atoms with Gasteiger partial charge in [-0.2, -0.15) is 0 Å². The number of carbonyl (C=O) groups excluding carboxylic acids is 2. The molecule has 3 unspecified atom stereocenters. The third-order valence-corrected chi connectivity index (χ3v) is 3.32. The second kappa shape index (κ2) is 6.18. The van der Waals surface area contributed by atoms with Crippen molar-refractivity contribution in [1.29, 1.82) is 0 Å². The zero-order chi connectivity index (χ0) is 13.9. The standard InChI is InChI=1S/C13H24N2O3/c1-8(2)11-13(17)15(6-9(3)7-18-5)10(4)12(16)14-11/h8-11H,6-7H2,1-5H3,(H,14,16). The van der Waals surface area contributed by atoms with Crippen molar-refractivity contribution >= 4 is 11.8 Å². The smallest absolute Gasteiger partial charge is 0.246 e. The third-order valence-electron chi connectivity index (χ3n) is 3.32. The molecule has 0 saturated carbocycles. The SMILES string of the molecule is COCC(C)CN1C(=O)C(C(C)C)NC(=O)C1C. The highest BCUT2D eigenvalue weighted by Crippen LogP contribution is 2.17. The minimum absolute atomic E-state index is 0.0139. The van der Waals surface area contributed by atoms with Gasteiger partial charge in [-0.05, 0) is 18.8 Å². The second-order valence-corrected chi connectivity index (χ2v) is 5.46. The first-order valence-electron chi connectivity index (χ1n) is 6.48. The van der Waals surface area contributed by atoms with Crippen LogP contribution in [0.4, 0.5) is 0 Å². The van der Waals surface area contributed by atoms with Crippen molar-refractivity contribution in [3.8, 4) is 0 Å². The van der Waals surface area contributed by atoms with Crippen molar-refractivity contribution in [2.24, 2.45) is 11.8 Å². The van der Waals surface area contributed by atoms with E-state index in [0.717, 1.165) is 0 Å². The lowest BCUT2D eigenvalue weighted by molar-refractivity contribution is -0.150. The van der Waals surface area contributed by atoms with Crippen LogP contribution in [0.2, 0.25) is 0 Å². The molecule has 1 saturated heterocycles. The summed E-state index contributed by atoms with van der Waals surface area (Å²) in [5.41, 5.74) is 0. The molecule has 104 valence electrons. The molecule has 5 nitrogen and oxygen atoms in total. The Morgan fingerprint density at radius 1 is 1.33 bits per heavy atom. The monoisotopic (exact) mass is 256 g/mol. The first kappa shape index (κ1) is 15.0. The Morgan fingerprint density at radius 2 is 1.94 bits per heavy atom. The van der Waals surface area contributed by atoms with Crippen molar-refractivity contribution in [3.63, 3.8) is 0 Å². The van der Waals surface area contributed by atoms with Gasteiger partial charge in [-0.15, -0.1) is 0 Å². The summed E-state index contributed by atoms with van der Waals surface area (Å²) in [5.74, 6) is 0.271. The lowest BCUT2D eigenvalue weighted by Crippen LogP contribution is -2.64. The first-order chi connectivity index (χ1) is 8.38. The van der Waals surface area contributed by atoms with Gasteiger partial charge in [0.25, 0.3) is 0 Å². The Labute approximate surface area is 109 Å². The van der Waals surface area contributed by atoms with Gasteiger partial charge >= 0.3 is 0 Å². The van der Waals surface area contributed by atoms with Crippen LogP contribution < -0.4 is 5.32 Å². The van der Waals surface area contributed by atoms with Crippen LogP contribution in [0.3, 0.4) is 0 Å². The van der Waals surface area contributed by atoms with Crippen LogP contribution in [0.1, 0.15) is 27.7 Å².